The number of hydrogen-bond donors (Lipinski definition) is 1. The van der Waals surface area contributed by atoms with E-state index in [1.54, 1.807) is 24.1 Å². The van der Waals surface area contributed by atoms with Crippen LogP contribution in [0.2, 0.25) is 0 Å². The molecule has 1 fully saturated rings. The van der Waals surface area contributed by atoms with Crippen LogP contribution >= 0.6 is 0 Å². The molecule has 1 aliphatic heterocycles. The van der Waals surface area contributed by atoms with Crippen LogP contribution in [-0.2, 0) is 4.79 Å². The van der Waals surface area contributed by atoms with Crippen molar-refractivity contribution >= 4 is 11.8 Å². The monoisotopic (exact) mass is 358 g/mol. The van der Waals surface area contributed by atoms with Gasteiger partial charge in [-0.3, -0.25) is 9.59 Å². The average Bonchev–Trinajstić information content (AvgIpc) is 3.17. The second-order valence-electron chi connectivity index (χ2n) is 6.18. The number of piperazine rings is 1. The van der Waals surface area contributed by atoms with Gasteiger partial charge >= 0.3 is 0 Å². The summed E-state index contributed by atoms with van der Waals surface area (Å²) in [5.41, 5.74) is 0.887. The lowest BCUT2D eigenvalue weighted by molar-refractivity contribution is -0.131. The molecule has 1 saturated heterocycles. The van der Waals surface area contributed by atoms with Crippen LogP contribution in [0.1, 0.15) is 10.5 Å². The highest BCUT2D eigenvalue weighted by Gasteiger charge is 2.20. The van der Waals surface area contributed by atoms with Crippen molar-refractivity contribution in [2.24, 2.45) is 0 Å². The molecular formula is C18H22N4O4. The number of nitrogens with one attached hydrogen (secondary N) is 1. The Morgan fingerprint density at radius 3 is 2.73 bits per heavy atom. The van der Waals surface area contributed by atoms with Gasteiger partial charge in [-0.15, -0.1) is 0 Å². The summed E-state index contributed by atoms with van der Waals surface area (Å²) >= 11 is 0. The predicted molar refractivity (Wildman–Crippen MR) is 94.9 cm³/mol. The Morgan fingerprint density at radius 2 is 2.00 bits per heavy atom. The number of aromatic nitrogens is 1. The molecule has 138 valence electrons. The van der Waals surface area contributed by atoms with Crippen LogP contribution in [0.3, 0.4) is 0 Å². The van der Waals surface area contributed by atoms with Crippen LogP contribution < -0.4 is 10.1 Å². The summed E-state index contributed by atoms with van der Waals surface area (Å²) in [5.74, 6) is 0.607. The van der Waals surface area contributed by atoms with Gasteiger partial charge in [-0.05, 0) is 19.2 Å². The highest BCUT2D eigenvalue weighted by atomic mass is 16.5. The molecule has 2 heterocycles. The fourth-order valence-corrected chi connectivity index (χ4v) is 2.71. The summed E-state index contributed by atoms with van der Waals surface area (Å²) < 4.78 is 10.4. The van der Waals surface area contributed by atoms with E-state index in [0.717, 1.165) is 18.7 Å². The van der Waals surface area contributed by atoms with E-state index in [0.29, 0.717) is 24.6 Å². The number of ether oxygens (including phenoxy) is 1. The third-order valence-electron chi connectivity index (χ3n) is 4.35. The lowest BCUT2D eigenvalue weighted by Crippen LogP contribution is -2.50. The van der Waals surface area contributed by atoms with Crippen molar-refractivity contribution in [3.63, 3.8) is 0 Å². The van der Waals surface area contributed by atoms with E-state index in [1.165, 1.54) is 0 Å². The molecule has 1 N–H and O–H groups in total. The highest BCUT2D eigenvalue weighted by molar-refractivity contribution is 5.95. The standard InChI is InChI=1S/C18H22N4O4/c1-21-6-8-22(9-7-21)17(23)12-19-18(24)15-11-16(26-20-15)13-4-3-5-14(10-13)25-2/h3-5,10-11H,6-9,12H2,1-2H3,(H,19,24). The van der Waals surface area contributed by atoms with Crippen molar-refractivity contribution in [3.05, 3.63) is 36.0 Å². The minimum absolute atomic E-state index is 0.0517. The van der Waals surface area contributed by atoms with E-state index in [2.05, 4.69) is 15.4 Å². The summed E-state index contributed by atoms with van der Waals surface area (Å²) in [4.78, 5) is 28.3. The number of rotatable bonds is 5. The molecule has 2 amide bonds. The van der Waals surface area contributed by atoms with E-state index < -0.39 is 5.91 Å². The first-order valence-electron chi connectivity index (χ1n) is 8.42. The molecule has 0 saturated carbocycles. The molecular weight excluding hydrogens is 336 g/mol. The Balaban J connectivity index is 1.57. The summed E-state index contributed by atoms with van der Waals surface area (Å²) in [6.07, 6.45) is 0. The molecule has 3 rings (SSSR count). The van der Waals surface area contributed by atoms with E-state index in [4.69, 9.17) is 9.26 Å². The number of benzene rings is 1. The molecule has 26 heavy (non-hydrogen) atoms. The third kappa shape index (κ3) is 4.20. The van der Waals surface area contributed by atoms with Crippen LogP contribution in [0.5, 0.6) is 5.75 Å². The van der Waals surface area contributed by atoms with Crippen LogP contribution in [0.15, 0.2) is 34.9 Å². The van der Waals surface area contributed by atoms with Gasteiger partial charge in [0, 0.05) is 37.8 Å². The topological polar surface area (TPSA) is 87.9 Å². The lowest BCUT2D eigenvalue weighted by Gasteiger charge is -2.32. The van der Waals surface area contributed by atoms with Crippen molar-refractivity contribution in [1.29, 1.82) is 0 Å². The molecule has 1 aromatic heterocycles. The molecule has 0 aliphatic carbocycles. The van der Waals surface area contributed by atoms with Gasteiger partial charge < -0.3 is 24.4 Å². The molecule has 0 unspecified atom stereocenters. The molecule has 0 radical (unpaired) electrons. The molecule has 2 aromatic rings. The lowest BCUT2D eigenvalue weighted by atomic mass is 10.1. The molecule has 8 nitrogen and oxygen atoms in total. The predicted octanol–water partition coefficient (Wildman–Crippen LogP) is 0.854. The minimum atomic E-state index is -0.439. The third-order valence-corrected chi connectivity index (χ3v) is 4.35. The van der Waals surface area contributed by atoms with Gasteiger partial charge in [0.1, 0.15) is 5.75 Å². The molecule has 1 aliphatic rings. The Kier molecular flexibility index (Phi) is 5.52. The van der Waals surface area contributed by atoms with Gasteiger partial charge in [0.2, 0.25) is 5.91 Å². The number of hydrogen-bond acceptors (Lipinski definition) is 6. The zero-order valence-electron chi connectivity index (χ0n) is 14.9. The largest absolute Gasteiger partial charge is 0.497 e. The number of carbonyl (C=O) groups is 2. The molecule has 1 aromatic carbocycles. The van der Waals surface area contributed by atoms with Gasteiger partial charge in [0.05, 0.1) is 13.7 Å². The van der Waals surface area contributed by atoms with Gasteiger partial charge in [-0.2, -0.15) is 0 Å². The smallest absolute Gasteiger partial charge is 0.273 e. The SMILES string of the molecule is COc1cccc(-c2cc(C(=O)NCC(=O)N3CCN(C)CC3)no2)c1. The first-order chi connectivity index (χ1) is 12.6. The molecule has 0 bridgehead atoms. The van der Waals surface area contributed by atoms with Crippen LogP contribution in [0.4, 0.5) is 0 Å². The van der Waals surface area contributed by atoms with Crippen molar-refractivity contribution < 1.29 is 18.8 Å². The van der Waals surface area contributed by atoms with Gasteiger partial charge in [0.15, 0.2) is 11.5 Å². The zero-order chi connectivity index (χ0) is 18.5. The van der Waals surface area contributed by atoms with Crippen molar-refractivity contribution in [2.45, 2.75) is 0 Å². The van der Waals surface area contributed by atoms with E-state index in [9.17, 15) is 9.59 Å². The van der Waals surface area contributed by atoms with Crippen LogP contribution in [0, 0.1) is 0 Å². The Labute approximate surface area is 151 Å². The summed E-state index contributed by atoms with van der Waals surface area (Å²) in [7, 11) is 3.60. The summed E-state index contributed by atoms with van der Waals surface area (Å²) in [6.45, 7) is 2.98. The van der Waals surface area contributed by atoms with E-state index >= 15 is 0 Å². The second-order valence-corrected chi connectivity index (χ2v) is 6.18. The van der Waals surface area contributed by atoms with Crippen LogP contribution in [0.25, 0.3) is 11.3 Å². The first kappa shape index (κ1) is 17.9. The van der Waals surface area contributed by atoms with Crippen molar-refractivity contribution in [2.75, 3.05) is 46.9 Å². The first-order valence-corrected chi connectivity index (χ1v) is 8.42. The highest BCUT2D eigenvalue weighted by Crippen LogP contribution is 2.24. The fourth-order valence-electron chi connectivity index (χ4n) is 2.71. The molecule has 0 spiro atoms. The normalized spacial score (nSPS) is 14.9. The molecule has 0 atom stereocenters. The molecule has 8 heteroatoms. The van der Waals surface area contributed by atoms with Crippen LogP contribution in [-0.4, -0.2) is 73.7 Å². The van der Waals surface area contributed by atoms with Gasteiger partial charge in [-0.1, -0.05) is 17.3 Å². The second kappa shape index (κ2) is 8.01. The number of likely N-dealkylation sites (N-methyl/N-ethyl adjacent to an activating group) is 1. The number of amides is 2. The number of nitrogens with zero attached hydrogens (tertiary/aromatic N) is 3. The summed E-state index contributed by atoms with van der Waals surface area (Å²) in [5, 5.41) is 6.39. The minimum Gasteiger partial charge on any atom is -0.497 e. The Bertz CT molecular complexity index is 781. The maximum Gasteiger partial charge on any atom is 0.273 e. The quantitative estimate of drug-likeness (QED) is 0.853. The van der Waals surface area contributed by atoms with Crippen molar-refractivity contribution in [1.82, 2.24) is 20.3 Å². The zero-order valence-corrected chi connectivity index (χ0v) is 14.9. The number of carbonyl (C=O) groups excluding carboxylic acids is 2. The van der Waals surface area contributed by atoms with Gasteiger partial charge in [0.25, 0.3) is 5.91 Å². The Morgan fingerprint density at radius 1 is 1.23 bits per heavy atom. The maximum atomic E-state index is 12.2. The van der Waals surface area contributed by atoms with Crippen molar-refractivity contribution in [3.8, 4) is 17.1 Å². The van der Waals surface area contributed by atoms with E-state index in [-0.39, 0.29) is 18.1 Å². The van der Waals surface area contributed by atoms with Gasteiger partial charge in [-0.25, -0.2) is 0 Å². The Hall–Kier alpha value is -2.87. The maximum absolute atomic E-state index is 12.2. The fraction of sp³-hybridized carbons (Fsp3) is 0.389. The van der Waals surface area contributed by atoms with E-state index in [1.807, 2.05) is 25.2 Å². The average molecular weight is 358 g/mol. The summed E-state index contributed by atoms with van der Waals surface area (Å²) in [6, 6.07) is 8.81. The number of methoxy groups -OCH3 is 1.